The van der Waals surface area contributed by atoms with Crippen molar-refractivity contribution in [2.24, 2.45) is 4.99 Å². The number of carbonyl (C=O) groups excluding carboxylic acids is 1. The second-order valence-electron chi connectivity index (χ2n) is 4.91. The molecule has 1 amide bonds. The lowest BCUT2D eigenvalue weighted by Gasteiger charge is -2.15. The summed E-state index contributed by atoms with van der Waals surface area (Å²) in [6, 6.07) is 14.8. The van der Waals surface area contributed by atoms with Crippen LogP contribution in [0.4, 0.5) is 5.69 Å². The van der Waals surface area contributed by atoms with Gasteiger partial charge in [0.15, 0.2) is 0 Å². The van der Waals surface area contributed by atoms with E-state index >= 15 is 0 Å². The first-order valence-corrected chi connectivity index (χ1v) is 7.17. The Hall–Kier alpha value is -2.62. The number of nitrogens with one attached hydrogen (secondary N) is 1. The van der Waals surface area contributed by atoms with Crippen molar-refractivity contribution in [3.63, 3.8) is 0 Å². The van der Waals surface area contributed by atoms with Gasteiger partial charge in [-0.05, 0) is 49.7 Å². The van der Waals surface area contributed by atoms with E-state index in [1.54, 1.807) is 25.5 Å². The van der Waals surface area contributed by atoms with Gasteiger partial charge < -0.3 is 10.1 Å². The van der Waals surface area contributed by atoms with Crippen LogP contribution in [0.15, 0.2) is 53.5 Å². The molecule has 1 unspecified atom stereocenters. The van der Waals surface area contributed by atoms with Gasteiger partial charge in [-0.3, -0.25) is 9.79 Å². The Morgan fingerprint density at radius 3 is 2.73 bits per heavy atom. The number of ether oxygens (including phenoxy) is 1. The first-order valence-electron chi connectivity index (χ1n) is 7.17. The van der Waals surface area contributed by atoms with Crippen LogP contribution in [0.5, 0.6) is 5.75 Å². The summed E-state index contributed by atoms with van der Waals surface area (Å²) in [6.45, 7) is 3.79. The Labute approximate surface area is 130 Å². The van der Waals surface area contributed by atoms with Crippen molar-refractivity contribution in [3.8, 4) is 5.75 Å². The van der Waals surface area contributed by atoms with Gasteiger partial charge in [-0.1, -0.05) is 18.2 Å². The number of amides is 1. The van der Waals surface area contributed by atoms with E-state index in [9.17, 15) is 4.79 Å². The van der Waals surface area contributed by atoms with E-state index in [1.165, 1.54) is 0 Å². The van der Waals surface area contributed by atoms with Crippen LogP contribution in [0.3, 0.4) is 0 Å². The van der Waals surface area contributed by atoms with Crippen molar-refractivity contribution < 1.29 is 9.53 Å². The Morgan fingerprint density at radius 1 is 1.23 bits per heavy atom. The number of hydrogen-bond donors (Lipinski definition) is 1. The minimum absolute atomic E-state index is 0.110. The van der Waals surface area contributed by atoms with Crippen LogP contribution in [-0.4, -0.2) is 19.2 Å². The van der Waals surface area contributed by atoms with E-state index in [0.717, 1.165) is 17.0 Å². The van der Waals surface area contributed by atoms with E-state index in [2.05, 4.69) is 10.3 Å². The average Bonchev–Trinajstić information content (AvgIpc) is 2.55. The van der Waals surface area contributed by atoms with E-state index < -0.39 is 0 Å². The topological polar surface area (TPSA) is 50.7 Å². The largest absolute Gasteiger partial charge is 0.497 e. The first-order chi connectivity index (χ1) is 10.6. The summed E-state index contributed by atoms with van der Waals surface area (Å²) in [5.41, 5.74) is 2.36. The third-order valence-electron chi connectivity index (χ3n) is 3.33. The molecule has 2 aromatic rings. The van der Waals surface area contributed by atoms with Gasteiger partial charge in [-0.15, -0.1) is 0 Å². The number of nitrogens with zero attached hydrogens (tertiary/aromatic N) is 1. The lowest BCUT2D eigenvalue weighted by molar-refractivity contribution is 0.0940. The molecule has 4 heteroatoms. The maximum atomic E-state index is 12.3. The fourth-order valence-electron chi connectivity index (χ4n) is 2.15. The Morgan fingerprint density at radius 2 is 2.00 bits per heavy atom. The molecule has 0 radical (unpaired) electrons. The van der Waals surface area contributed by atoms with Gasteiger partial charge in [0.1, 0.15) is 5.75 Å². The SMILES string of the molecule is CC=Nc1cccc(C(=O)NC(C)c2cccc(OC)c2)c1. The smallest absolute Gasteiger partial charge is 0.251 e. The predicted octanol–water partition coefficient (Wildman–Crippen LogP) is 3.91. The second-order valence-corrected chi connectivity index (χ2v) is 4.91. The molecule has 0 aliphatic carbocycles. The molecule has 4 nitrogen and oxygen atoms in total. The third kappa shape index (κ3) is 3.95. The van der Waals surface area contributed by atoms with Crippen molar-refractivity contribution in [2.75, 3.05) is 7.11 Å². The molecule has 0 saturated carbocycles. The first kappa shape index (κ1) is 15.8. The standard InChI is InChI=1S/C18H20N2O2/c1-4-19-16-9-5-8-15(11-16)18(21)20-13(2)14-7-6-10-17(12-14)22-3/h4-13H,1-3H3,(H,20,21). The molecular formula is C18H20N2O2. The number of rotatable bonds is 5. The van der Waals surface area contributed by atoms with Crippen LogP contribution in [0.1, 0.15) is 35.8 Å². The highest BCUT2D eigenvalue weighted by atomic mass is 16.5. The van der Waals surface area contributed by atoms with Crippen LogP contribution in [0.25, 0.3) is 0 Å². The zero-order valence-corrected chi connectivity index (χ0v) is 13.0. The molecule has 0 spiro atoms. The van der Waals surface area contributed by atoms with Crippen LogP contribution in [-0.2, 0) is 0 Å². The van der Waals surface area contributed by atoms with Crippen molar-refractivity contribution in [2.45, 2.75) is 19.9 Å². The molecule has 0 heterocycles. The number of hydrogen-bond acceptors (Lipinski definition) is 3. The van der Waals surface area contributed by atoms with Crippen LogP contribution in [0, 0.1) is 0 Å². The fourth-order valence-corrected chi connectivity index (χ4v) is 2.15. The van der Waals surface area contributed by atoms with E-state index in [1.807, 2.05) is 50.2 Å². The average molecular weight is 296 g/mol. The van der Waals surface area contributed by atoms with Crippen molar-refractivity contribution in [3.05, 3.63) is 59.7 Å². The molecule has 1 atom stereocenters. The molecule has 114 valence electrons. The zero-order chi connectivity index (χ0) is 15.9. The fraction of sp³-hybridized carbons (Fsp3) is 0.222. The highest BCUT2D eigenvalue weighted by Crippen LogP contribution is 2.20. The van der Waals surface area contributed by atoms with Crippen LogP contribution < -0.4 is 10.1 Å². The second kappa shape index (κ2) is 7.41. The Bertz CT molecular complexity index is 680. The minimum Gasteiger partial charge on any atom is -0.497 e. The normalized spacial score (nSPS) is 12.1. The summed E-state index contributed by atoms with van der Waals surface area (Å²) >= 11 is 0. The molecule has 0 saturated heterocycles. The van der Waals surface area contributed by atoms with Gasteiger partial charge in [0.05, 0.1) is 18.8 Å². The lowest BCUT2D eigenvalue weighted by atomic mass is 10.1. The molecule has 22 heavy (non-hydrogen) atoms. The van der Waals surface area contributed by atoms with Gasteiger partial charge in [0, 0.05) is 11.8 Å². The van der Waals surface area contributed by atoms with Crippen molar-refractivity contribution >= 4 is 17.8 Å². The molecule has 1 N–H and O–H groups in total. The van der Waals surface area contributed by atoms with E-state index in [4.69, 9.17) is 4.74 Å². The highest BCUT2D eigenvalue weighted by Gasteiger charge is 2.12. The summed E-state index contributed by atoms with van der Waals surface area (Å²) in [5.74, 6) is 0.654. The third-order valence-corrected chi connectivity index (χ3v) is 3.33. The summed E-state index contributed by atoms with van der Waals surface area (Å²) < 4.78 is 5.21. The van der Waals surface area contributed by atoms with Crippen LogP contribution in [0.2, 0.25) is 0 Å². The number of benzene rings is 2. The number of aliphatic imine (C=N–C) groups is 1. The lowest BCUT2D eigenvalue weighted by Crippen LogP contribution is -2.26. The molecule has 0 aliphatic rings. The summed E-state index contributed by atoms with van der Waals surface area (Å²) in [5, 5.41) is 2.99. The molecule has 2 aromatic carbocycles. The summed E-state index contributed by atoms with van der Waals surface area (Å²) in [7, 11) is 1.63. The van der Waals surface area contributed by atoms with Gasteiger partial charge >= 0.3 is 0 Å². The molecule has 0 aromatic heterocycles. The zero-order valence-electron chi connectivity index (χ0n) is 13.0. The maximum Gasteiger partial charge on any atom is 0.251 e. The van der Waals surface area contributed by atoms with Crippen LogP contribution >= 0.6 is 0 Å². The molecule has 0 fully saturated rings. The quantitative estimate of drug-likeness (QED) is 0.850. The van der Waals surface area contributed by atoms with Gasteiger partial charge in [-0.2, -0.15) is 0 Å². The van der Waals surface area contributed by atoms with Crippen molar-refractivity contribution in [1.29, 1.82) is 0 Å². The van der Waals surface area contributed by atoms with Gasteiger partial charge in [0.2, 0.25) is 0 Å². The number of methoxy groups -OCH3 is 1. The predicted molar refractivity (Wildman–Crippen MR) is 89.1 cm³/mol. The monoisotopic (exact) mass is 296 g/mol. The Balaban J connectivity index is 2.12. The maximum absolute atomic E-state index is 12.3. The molecule has 2 rings (SSSR count). The van der Waals surface area contributed by atoms with E-state index in [-0.39, 0.29) is 11.9 Å². The van der Waals surface area contributed by atoms with Gasteiger partial charge in [0.25, 0.3) is 5.91 Å². The summed E-state index contributed by atoms with van der Waals surface area (Å²) in [4.78, 5) is 16.5. The van der Waals surface area contributed by atoms with E-state index in [0.29, 0.717) is 5.56 Å². The van der Waals surface area contributed by atoms with Gasteiger partial charge in [-0.25, -0.2) is 0 Å². The molecule has 0 aliphatic heterocycles. The Kier molecular flexibility index (Phi) is 5.31. The minimum atomic E-state index is -0.122. The molecule has 0 bridgehead atoms. The highest BCUT2D eigenvalue weighted by molar-refractivity contribution is 5.95. The summed E-state index contributed by atoms with van der Waals surface area (Å²) in [6.07, 6.45) is 1.70. The molecular weight excluding hydrogens is 276 g/mol. The van der Waals surface area contributed by atoms with Crippen molar-refractivity contribution in [1.82, 2.24) is 5.32 Å². The number of carbonyl (C=O) groups is 1.